The molecular weight excluding hydrogens is 422 g/mol. The van der Waals surface area contributed by atoms with Crippen molar-refractivity contribution >= 4 is 16.7 Å². The van der Waals surface area contributed by atoms with E-state index in [1.54, 1.807) is 6.20 Å². The monoisotopic (exact) mass is 445 g/mol. The number of hydrogen-bond donors (Lipinski definition) is 1. The fraction of sp³-hybridized carbons (Fsp3) is 0.179. The molecule has 5 heterocycles. The number of rotatable bonds is 3. The van der Waals surface area contributed by atoms with Gasteiger partial charge in [-0.1, -0.05) is 24.3 Å². The second-order valence-electron chi connectivity index (χ2n) is 8.85. The minimum Gasteiger partial charge on any atom is -0.493 e. The van der Waals surface area contributed by atoms with Gasteiger partial charge in [-0.05, 0) is 59.5 Å². The van der Waals surface area contributed by atoms with Crippen molar-refractivity contribution in [1.29, 1.82) is 0 Å². The van der Waals surface area contributed by atoms with Crippen LogP contribution in [0, 0.1) is 0 Å². The van der Waals surface area contributed by atoms with Crippen LogP contribution in [0.2, 0.25) is 0 Å². The van der Waals surface area contributed by atoms with Crippen LogP contribution in [0.15, 0.2) is 79.3 Å². The van der Waals surface area contributed by atoms with Gasteiger partial charge in [0, 0.05) is 53.7 Å². The Morgan fingerprint density at radius 2 is 1.94 bits per heavy atom. The van der Waals surface area contributed by atoms with E-state index in [1.165, 1.54) is 33.3 Å². The van der Waals surface area contributed by atoms with Crippen molar-refractivity contribution in [1.82, 2.24) is 19.9 Å². The SMILES string of the molecule is c1cncc(-c2nccc(N3CCc4c([nH]c5ccccc45)C3c3ccc4c(c3)CCO4)n2)c1. The summed E-state index contributed by atoms with van der Waals surface area (Å²) in [6.45, 7) is 1.63. The largest absolute Gasteiger partial charge is 0.493 e. The predicted octanol–water partition coefficient (Wildman–Crippen LogP) is 5.11. The lowest BCUT2D eigenvalue weighted by Gasteiger charge is -2.37. The molecule has 0 fully saturated rings. The second kappa shape index (κ2) is 7.70. The molecular formula is C28H23N5O. The minimum atomic E-state index is 0.0266. The summed E-state index contributed by atoms with van der Waals surface area (Å²) in [5.74, 6) is 2.61. The van der Waals surface area contributed by atoms with E-state index in [2.05, 4.69) is 62.3 Å². The Kier molecular flexibility index (Phi) is 4.37. The second-order valence-corrected chi connectivity index (χ2v) is 8.85. The lowest BCUT2D eigenvalue weighted by Crippen LogP contribution is -2.36. The van der Waals surface area contributed by atoms with Crippen LogP contribution < -0.4 is 9.64 Å². The molecule has 0 saturated carbocycles. The number of hydrogen-bond acceptors (Lipinski definition) is 5. The maximum atomic E-state index is 5.79. The third kappa shape index (κ3) is 3.06. The molecule has 3 aromatic heterocycles. The third-order valence-corrected chi connectivity index (χ3v) is 6.92. The van der Waals surface area contributed by atoms with E-state index in [0.29, 0.717) is 5.82 Å². The van der Waals surface area contributed by atoms with Gasteiger partial charge in [-0.25, -0.2) is 9.97 Å². The first-order chi connectivity index (χ1) is 16.8. The number of ether oxygens (including phenoxy) is 1. The van der Waals surface area contributed by atoms with Gasteiger partial charge in [0.05, 0.1) is 12.6 Å². The smallest absolute Gasteiger partial charge is 0.163 e. The van der Waals surface area contributed by atoms with Crippen LogP contribution in [-0.4, -0.2) is 33.1 Å². The van der Waals surface area contributed by atoms with Crippen molar-refractivity contribution in [2.24, 2.45) is 0 Å². The molecule has 1 unspecified atom stereocenters. The molecule has 5 aromatic rings. The molecule has 6 heteroatoms. The number of pyridine rings is 1. The number of benzene rings is 2. The van der Waals surface area contributed by atoms with Crippen molar-refractivity contribution in [2.75, 3.05) is 18.1 Å². The van der Waals surface area contributed by atoms with Gasteiger partial charge in [-0.2, -0.15) is 0 Å². The first-order valence-electron chi connectivity index (χ1n) is 11.7. The van der Waals surface area contributed by atoms with Crippen molar-refractivity contribution in [3.63, 3.8) is 0 Å². The Hall–Kier alpha value is -4.19. The van der Waals surface area contributed by atoms with Crippen molar-refractivity contribution < 1.29 is 4.74 Å². The van der Waals surface area contributed by atoms with E-state index in [9.17, 15) is 0 Å². The number of fused-ring (bicyclic) bond motifs is 4. The van der Waals surface area contributed by atoms with Gasteiger partial charge in [0.1, 0.15) is 11.6 Å². The summed E-state index contributed by atoms with van der Waals surface area (Å²) in [5, 5.41) is 1.31. The van der Waals surface area contributed by atoms with Gasteiger partial charge in [0.15, 0.2) is 5.82 Å². The maximum Gasteiger partial charge on any atom is 0.163 e. The average Bonchev–Trinajstić information content (AvgIpc) is 3.53. The highest BCUT2D eigenvalue weighted by Gasteiger charge is 2.33. The van der Waals surface area contributed by atoms with Crippen LogP contribution in [-0.2, 0) is 12.8 Å². The Morgan fingerprint density at radius 1 is 0.971 bits per heavy atom. The van der Waals surface area contributed by atoms with Crippen LogP contribution in [0.25, 0.3) is 22.3 Å². The van der Waals surface area contributed by atoms with Gasteiger partial charge in [0.25, 0.3) is 0 Å². The summed E-state index contributed by atoms with van der Waals surface area (Å²) in [4.78, 5) is 19.9. The zero-order valence-electron chi connectivity index (χ0n) is 18.6. The lowest BCUT2D eigenvalue weighted by molar-refractivity contribution is 0.357. The average molecular weight is 446 g/mol. The number of nitrogens with one attached hydrogen (secondary N) is 1. The summed E-state index contributed by atoms with van der Waals surface area (Å²) < 4.78 is 5.79. The minimum absolute atomic E-state index is 0.0266. The molecule has 0 amide bonds. The molecule has 2 aliphatic heterocycles. The van der Waals surface area contributed by atoms with Crippen molar-refractivity contribution in [2.45, 2.75) is 18.9 Å². The molecule has 166 valence electrons. The standard InChI is InChI=1S/C28H23N5O/c1-2-6-23-21(5-1)22-10-14-33(25-9-13-30-28(32-25)20-4-3-12-29-17-20)27(26(22)31-23)19-7-8-24-18(16-19)11-15-34-24/h1-9,12-13,16-17,27,31H,10-11,14-15H2. The fourth-order valence-electron chi connectivity index (χ4n) is 5.35. The molecule has 2 aliphatic rings. The zero-order valence-corrected chi connectivity index (χ0v) is 18.6. The highest BCUT2D eigenvalue weighted by Crippen LogP contribution is 2.42. The number of nitrogens with zero attached hydrogens (tertiary/aromatic N) is 4. The molecule has 1 atom stereocenters. The Balaban J connectivity index is 1.39. The van der Waals surface area contributed by atoms with Crippen molar-refractivity contribution in [3.8, 4) is 17.1 Å². The quantitative estimate of drug-likeness (QED) is 0.418. The maximum absolute atomic E-state index is 5.79. The summed E-state index contributed by atoms with van der Waals surface area (Å²) in [6, 6.07) is 21.2. The van der Waals surface area contributed by atoms with Crippen LogP contribution in [0.5, 0.6) is 5.75 Å². The fourth-order valence-corrected chi connectivity index (χ4v) is 5.35. The zero-order chi connectivity index (χ0) is 22.5. The normalized spacial score (nSPS) is 16.8. The van der Waals surface area contributed by atoms with Gasteiger partial charge in [-0.15, -0.1) is 0 Å². The molecule has 1 N–H and O–H groups in total. The third-order valence-electron chi connectivity index (χ3n) is 6.92. The van der Waals surface area contributed by atoms with Gasteiger partial charge in [0.2, 0.25) is 0 Å². The van der Waals surface area contributed by atoms with Crippen molar-refractivity contribution in [3.05, 3.63) is 102 Å². The van der Waals surface area contributed by atoms with Crippen LogP contribution in [0.4, 0.5) is 5.82 Å². The molecule has 34 heavy (non-hydrogen) atoms. The van der Waals surface area contributed by atoms with E-state index in [1.807, 2.05) is 30.6 Å². The van der Waals surface area contributed by atoms with Gasteiger partial charge in [-0.3, -0.25) is 4.98 Å². The number of aromatic nitrogens is 4. The number of H-pyrrole nitrogens is 1. The lowest BCUT2D eigenvalue weighted by atomic mass is 9.91. The van der Waals surface area contributed by atoms with Gasteiger partial charge >= 0.3 is 0 Å². The van der Waals surface area contributed by atoms with Gasteiger partial charge < -0.3 is 14.6 Å². The predicted molar refractivity (Wildman–Crippen MR) is 132 cm³/mol. The van der Waals surface area contributed by atoms with E-state index in [4.69, 9.17) is 9.72 Å². The van der Waals surface area contributed by atoms with E-state index in [-0.39, 0.29) is 6.04 Å². The summed E-state index contributed by atoms with van der Waals surface area (Å²) in [6.07, 6.45) is 7.33. The molecule has 6 nitrogen and oxygen atoms in total. The number of para-hydroxylation sites is 1. The van der Waals surface area contributed by atoms with Crippen LogP contribution >= 0.6 is 0 Å². The molecule has 0 aliphatic carbocycles. The highest BCUT2D eigenvalue weighted by molar-refractivity contribution is 5.86. The van der Waals surface area contributed by atoms with E-state index in [0.717, 1.165) is 43.1 Å². The van der Waals surface area contributed by atoms with E-state index < -0.39 is 0 Å². The number of aromatic amines is 1. The molecule has 0 bridgehead atoms. The molecule has 0 spiro atoms. The summed E-state index contributed by atoms with van der Waals surface area (Å²) >= 11 is 0. The molecule has 0 radical (unpaired) electrons. The summed E-state index contributed by atoms with van der Waals surface area (Å²) in [7, 11) is 0. The van der Waals surface area contributed by atoms with E-state index >= 15 is 0 Å². The first-order valence-corrected chi connectivity index (χ1v) is 11.7. The Labute approximate surface area is 197 Å². The topological polar surface area (TPSA) is 66.9 Å². The molecule has 2 aromatic carbocycles. The summed E-state index contributed by atoms with van der Waals surface area (Å²) in [5.41, 5.74) is 7.27. The van der Waals surface area contributed by atoms with Crippen LogP contribution in [0.1, 0.15) is 28.4 Å². The highest BCUT2D eigenvalue weighted by atomic mass is 16.5. The molecule has 0 saturated heterocycles. The molecule has 7 rings (SSSR count). The van der Waals surface area contributed by atoms with Crippen LogP contribution in [0.3, 0.4) is 0 Å². The number of anilines is 1. The Morgan fingerprint density at radius 3 is 2.88 bits per heavy atom. The Bertz CT molecular complexity index is 1510. The first kappa shape index (κ1) is 19.3.